The van der Waals surface area contributed by atoms with Crippen LogP contribution in [0.1, 0.15) is 46.5 Å². The lowest BCUT2D eigenvalue weighted by Crippen LogP contribution is -2.51. The minimum Gasteiger partial charge on any atom is -0.473 e. The van der Waals surface area contributed by atoms with Crippen molar-refractivity contribution in [2.45, 2.75) is 64.2 Å². The minimum absolute atomic E-state index is 0.00447. The largest absolute Gasteiger partial charge is 0.473 e. The highest BCUT2D eigenvalue weighted by molar-refractivity contribution is 5.86. The van der Waals surface area contributed by atoms with Crippen molar-refractivity contribution in [1.29, 1.82) is 0 Å². The van der Waals surface area contributed by atoms with Crippen molar-refractivity contribution in [1.82, 2.24) is 29.8 Å². The van der Waals surface area contributed by atoms with Crippen LogP contribution in [0.3, 0.4) is 0 Å². The van der Waals surface area contributed by atoms with Gasteiger partial charge in [0.25, 0.3) is 0 Å². The van der Waals surface area contributed by atoms with E-state index in [1.807, 2.05) is 31.7 Å². The number of amides is 2. The third-order valence-corrected chi connectivity index (χ3v) is 5.57. The molecular formula is C22H30N6O4. The van der Waals surface area contributed by atoms with Crippen molar-refractivity contribution in [3.63, 3.8) is 0 Å². The standard InChI is InChI=1S/C22H30N6O4/c1-22(2,3)32-21(30)27-12-4-6-17(27)20(29)26-14-9-16(10-15-26)31-19-8-7-18(24-25-19)28-13-5-11-23-28/h5,7-8,11,13,16-17H,4,6,9-10,12,14-15H2,1-3H3. The maximum absolute atomic E-state index is 13.1. The second kappa shape index (κ2) is 9.13. The molecule has 2 aliphatic heterocycles. The monoisotopic (exact) mass is 442 g/mol. The predicted octanol–water partition coefficient (Wildman–Crippen LogP) is 2.43. The second-order valence-electron chi connectivity index (χ2n) is 9.15. The molecule has 0 bridgehead atoms. The fourth-order valence-electron chi connectivity index (χ4n) is 4.04. The summed E-state index contributed by atoms with van der Waals surface area (Å²) in [6, 6.07) is 4.96. The summed E-state index contributed by atoms with van der Waals surface area (Å²) in [5, 5.41) is 12.4. The Labute approximate surface area is 187 Å². The molecule has 2 amide bonds. The van der Waals surface area contributed by atoms with Crippen LogP contribution in [-0.4, -0.2) is 79.2 Å². The van der Waals surface area contributed by atoms with Crippen molar-refractivity contribution in [2.75, 3.05) is 19.6 Å². The number of likely N-dealkylation sites (tertiary alicyclic amines) is 2. The number of rotatable bonds is 4. The number of hydrogen-bond donors (Lipinski definition) is 0. The van der Waals surface area contributed by atoms with Gasteiger partial charge in [0.2, 0.25) is 11.8 Å². The minimum atomic E-state index is -0.581. The lowest BCUT2D eigenvalue weighted by Gasteiger charge is -2.35. The van der Waals surface area contributed by atoms with Crippen LogP contribution < -0.4 is 4.74 Å². The molecule has 172 valence electrons. The Balaban J connectivity index is 1.28. The first kappa shape index (κ1) is 22.0. The van der Waals surface area contributed by atoms with Crippen molar-refractivity contribution in [3.8, 4) is 11.7 Å². The van der Waals surface area contributed by atoms with Crippen LogP contribution in [0.25, 0.3) is 5.82 Å². The van der Waals surface area contributed by atoms with Crippen LogP contribution in [0.2, 0.25) is 0 Å². The lowest BCUT2D eigenvalue weighted by molar-refractivity contribution is -0.137. The van der Waals surface area contributed by atoms with Gasteiger partial charge in [0.15, 0.2) is 5.82 Å². The zero-order valence-corrected chi connectivity index (χ0v) is 18.8. The van der Waals surface area contributed by atoms with Gasteiger partial charge < -0.3 is 14.4 Å². The van der Waals surface area contributed by atoms with E-state index in [4.69, 9.17) is 9.47 Å². The molecule has 2 aromatic rings. The second-order valence-corrected chi connectivity index (χ2v) is 9.15. The average molecular weight is 443 g/mol. The van der Waals surface area contributed by atoms with Crippen molar-refractivity contribution in [2.24, 2.45) is 0 Å². The first-order valence-electron chi connectivity index (χ1n) is 11.1. The SMILES string of the molecule is CC(C)(C)OC(=O)N1CCCC1C(=O)N1CCC(Oc2ccc(-n3cccn3)nn2)CC1. The molecule has 0 radical (unpaired) electrons. The van der Waals surface area contributed by atoms with Gasteiger partial charge >= 0.3 is 6.09 Å². The molecule has 4 rings (SSSR count). The maximum atomic E-state index is 13.1. The summed E-state index contributed by atoms with van der Waals surface area (Å²) in [7, 11) is 0. The third-order valence-electron chi connectivity index (χ3n) is 5.57. The molecule has 1 unspecified atom stereocenters. The van der Waals surface area contributed by atoms with E-state index in [-0.39, 0.29) is 12.0 Å². The zero-order valence-electron chi connectivity index (χ0n) is 18.8. The molecule has 4 heterocycles. The Hall–Kier alpha value is -3.17. The topological polar surface area (TPSA) is 103 Å². The number of carbonyl (C=O) groups excluding carboxylic acids is 2. The van der Waals surface area contributed by atoms with Crippen LogP contribution in [-0.2, 0) is 9.53 Å². The number of hydrogen-bond acceptors (Lipinski definition) is 7. The van der Waals surface area contributed by atoms with Crippen molar-refractivity contribution in [3.05, 3.63) is 30.6 Å². The van der Waals surface area contributed by atoms with Gasteiger partial charge in [0, 0.05) is 50.9 Å². The first-order valence-corrected chi connectivity index (χ1v) is 11.1. The Morgan fingerprint density at radius 1 is 1.06 bits per heavy atom. The summed E-state index contributed by atoms with van der Waals surface area (Å²) in [5.74, 6) is 1.07. The summed E-state index contributed by atoms with van der Waals surface area (Å²) in [6.07, 6.45) is 5.92. The smallest absolute Gasteiger partial charge is 0.410 e. The molecule has 2 aromatic heterocycles. The molecule has 0 saturated carbocycles. The molecule has 2 fully saturated rings. The van der Waals surface area contributed by atoms with E-state index in [0.29, 0.717) is 50.6 Å². The number of carbonyl (C=O) groups is 2. The summed E-state index contributed by atoms with van der Waals surface area (Å²) >= 11 is 0. The van der Waals surface area contributed by atoms with E-state index in [1.165, 1.54) is 0 Å². The summed E-state index contributed by atoms with van der Waals surface area (Å²) in [6.45, 7) is 7.22. The van der Waals surface area contributed by atoms with Gasteiger partial charge in [-0.3, -0.25) is 9.69 Å². The van der Waals surface area contributed by atoms with E-state index in [2.05, 4.69) is 15.3 Å². The number of piperidine rings is 1. The molecule has 32 heavy (non-hydrogen) atoms. The highest BCUT2D eigenvalue weighted by Gasteiger charge is 2.39. The van der Waals surface area contributed by atoms with Gasteiger partial charge in [0.1, 0.15) is 17.7 Å². The van der Waals surface area contributed by atoms with Crippen molar-refractivity contribution < 1.29 is 19.1 Å². The highest BCUT2D eigenvalue weighted by Crippen LogP contribution is 2.25. The van der Waals surface area contributed by atoms with E-state index >= 15 is 0 Å². The molecule has 1 atom stereocenters. The van der Waals surface area contributed by atoms with Gasteiger partial charge in [-0.2, -0.15) is 5.10 Å². The highest BCUT2D eigenvalue weighted by atomic mass is 16.6. The van der Waals surface area contributed by atoms with Crippen LogP contribution >= 0.6 is 0 Å². The molecule has 0 spiro atoms. The fourth-order valence-corrected chi connectivity index (χ4v) is 4.04. The van der Waals surface area contributed by atoms with Crippen LogP contribution in [0.4, 0.5) is 4.79 Å². The third kappa shape index (κ3) is 5.17. The Bertz CT molecular complexity index is 917. The zero-order chi connectivity index (χ0) is 22.7. The fraction of sp³-hybridized carbons (Fsp3) is 0.591. The molecule has 2 aliphatic rings. The Kier molecular flexibility index (Phi) is 6.29. The van der Waals surface area contributed by atoms with Gasteiger partial charge in [-0.1, -0.05) is 0 Å². The maximum Gasteiger partial charge on any atom is 0.410 e. The van der Waals surface area contributed by atoms with Crippen LogP contribution in [0.15, 0.2) is 30.6 Å². The van der Waals surface area contributed by atoms with Crippen molar-refractivity contribution >= 4 is 12.0 Å². The van der Waals surface area contributed by atoms with E-state index in [0.717, 1.165) is 6.42 Å². The van der Waals surface area contributed by atoms with Gasteiger partial charge in [0.05, 0.1) is 0 Å². The van der Waals surface area contributed by atoms with Crippen LogP contribution in [0, 0.1) is 0 Å². The van der Waals surface area contributed by atoms with E-state index in [9.17, 15) is 9.59 Å². The summed E-state index contributed by atoms with van der Waals surface area (Å²) in [5.41, 5.74) is -0.581. The number of aromatic nitrogens is 4. The molecule has 0 aromatic carbocycles. The lowest BCUT2D eigenvalue weighted by atomic mass is 10.1. The summed E-state index contributed by atoms with van der Waals surface area (Å²) in [4.78, 5) is 29.0. The van der Waals surface area contributed by atoms with Gasteiger partial charge in [-0.15, -0.1) is 10.2 Å². The molecule has 0 N–H and O–H groups in total. The quantitative estimate of drug-likeness (QED) is 0.716. The molecule has 2 saturated heterocycles. The van der Waals surface area contributed by atoms with E-state index < -0.39 is 17.7 Å². The average Bonchev–Trinajstić information content (AvgIpc) is 3.45. The summed E-state index contributed by atoms with van der Waals surface area (Å²) < 4.78 is 13.1. The predicted molar refractivity (Wildman–Crippen MR) is 115 cm³/mol. The Morgan fingerprint density at radius 3 is 2.47 bits per heavy atom. The van der Waals surface area contributed by atoms with Gasteiger partial charge in [-0.05, 0) is 45.7 Å². The molecule has 10 heteroatoms. The Morgan fingerprint density at radius 2 is 1.84 bits per heavy atom. The number of nitrogens with zero attached hydrogens (tertiary/aromatic N) is 6. The van der Waals surface area contributed by atoms with Gasteiger partial charge in [-0.25, -0.2) is 9.48 Å². The first-order chi connectivity index (χ1) is 15.3. The molecule has 0 aliphatic carbocycles. The normalized spacial score (nSPS) is 19.8. The van der Waals surface area contributed by atoms with Crippen LogP contribution in [0.5, 0.6) is 5.88 Å². The molecular weight excluding hydrogens is 412 g/mol. The molecule has 10 nitrogen and oxygen atoms in total. The van der Waals surface area contributed by atoms with E-state index in [1.54, 1.807) is 34.1 Å². The number of ether oxygens (including phenoxy) is 2.